The van der Waals surface area contributed by atoms with Crippen LogP contribution in [-0.2, 0) is 38.1 Å². The summed E-state index contributed by atoms with van der Waals surface area (Å²) in [4.78, 5) is 46.7. The lowest BCUT2D eigenvalue weighted by molar-refractivity contribution is -0.134. The first-order valence-corrected chi connectivity index (χ1v) is 13.1. The van der Waals surface area contributed by atoms with Gasteiger partial charge in [-0.25, -0.2) is 19.2 Å². The van der Waals surface area contributed by atoms with E-state index in [-0.39, 0.29) is 45.3 Å². The fourth-order valence-corrected chi connectivity index (χ4v) is 2.80. The molecule has 240 valence electrons. The van der Waals surface area contributed by atoms with Crippen LogP contribution in [0, 0.1) is 0 Å². The summed E-state index contributed by atoms with van der Waals surface area (Å²) in [6.45, 7) is 19.9. The van der Waals surface area contributed by atoms with E-state index in [4.69, 9.17) is 37.9 Å². The molecule has 0 spiro atoms. The molecule has 0 atom stereocenters. The number of esters is 4. The Balaban J connectivity index is 2.51. The minimum atomic E-state index is -0.656. The Kier molecular flexibility index (Phi) is 13.8. The molecule has 0 saturated carbocycles. The van der Waals surface area contributed by atoms with Crippen molar-refractivity contribution >= 4 is 34.6 Å². The van der Waals surface area contributed by atoms with Crippen LogP contribution >= 0.6 is 0 Å². The lowest BCUT2D eigenvalue weighted by Gasteiger charge is -2.13. The molecule has 12 nitrogen and oxygen atoms in total. The van der Waals surface area contributed by atoms with Crippen molar-refractivity contribution in [1.82, 2.24) is 0 Å². The van der Waals surface area contributed by atoms with Crippen molar-refractivity contribution in [2.75, 3.05) is 0 Å². The number of hydrogen-bond acceptors (Lipinski definition) is 12. The van der Waals surface area contributed by atoms with Crippen LogP contribution < -0.4 is 18.9 Å². The molecule has 0 unspecified atom stereocenters. The summed E-state index contributed by atoms with van der Waals surface area (Å²) in [6, 6.07) is 6.26. The lowest BCUT2D eigenvalue weighted by Crippen LogP contribution is -2.00. The predicted molar refractivity (Wildman–Crippen MR) is 167 cm³/mol. The molecule has 0 aromatic heterocycles. The van der Waals surface area contributed by atoms with Crippen molar-refractivity contribution in [3.63, 3.8) is 0 Å². The largest absolute Gasteiger partial charge is 0.458 e. The average Bonchev–Trinajstić information content (AvgIpc) is 3.00. The lowest BCUT2D eigenvalue weighted by atomic mass is 10.1. The van der Waals surface area contributed by atoms with Crippen molar-refractivity contribution in [1.29, 1.82) is 0 Å². The molecule has 2 aromatic rings. The highest BCUT2D eigenvalue weighted by Gasteiger charge is 2.13. The zero-order valence-corrected chi connectivity index (χ0v) is 25.7. The Hall–Kier alpha value is -6.30. The smallest absolute Gasteiger partial charge is 0.338 e. The fraction of sp³-hybridized carbons (Fsp3) is 0.118. The fourth-order valence-electron chi connectivity index (χ4n) is 2.80. The van der Waals surface area contributed by atoms with Crippen LogP contribution in [0.1, 0.15) is 27.7 Å². The van der Waals surface area contributed by atoms with Gasteiger partial charge >= 0.3 is 23.9 Å². The highest BCUT2D eigenvalue weighted by atomic mass is 16.6. The summed E-state index contributed by atoms with van der Waals surface area (Å²) in [5.41, 5.74) is 0.747. The molecular weight excluding hydrogens is 600 g/mol. The van der Waals surface area contributed by atoms with Crippen molar-refractivity contribution in [3.05, 3.63) is 123 Å². The van der Waals surface area contributed by atoms with E-state index in [0.29, 0.717) is 10.8 Å². The zero-order chi connectivity index (χ0) is 34.2. The van der Waals surface area contributed by atoms with E-state index in [2.05, 4.69) is 26.3 Å². The van der Waals surface area contributed by atoms with Crippen LogP contribution in [-0.4, -0.2) is 23.9 Å². The molecule has 12 heteroatoms. The van der Waals surface area contributed by atoms with Crippen molar-refractivity contribution in [2.24, 2.45) is 0 Å². The van der Waals surface area contributed by atoms with Gasteiger partial charge in [-0.3, -0.25) is 0 Å². The van der Waals surface area contributed by atoms with E-state index < -0.39 is 23.9 Å². The first-order valence-electron chi connectivity index (χ1n) is 13.1. The SMILES string of the molecule is C=C(C)C(=O)O/C=C\Oc1cc2cc(O/C=C\OC(=O)C(=C)C)c(O/C=C\OC(=O)C(=C)C)cc2cc1O/C=C\OC(=O)C(=C)C. The molecule has 2 rings (SSSR count). The highest BCUT2D eigenvalue weighted by Crippen LogP contribution is 2.39. The summed E-state index contributed by atoms with van der Waals surface area (Å²) in [5.74, 6) is -2.06. The van der Waals surface area contributed by atoms with Gasteiger partial charge in [0.15, 0.2) is 23.0 Å². The van der Waals surface area contributed by atoms with Crippen molar-refractivity contribution < 1.29 is 57.1 Å². The number of hydrogen-bond donors (Lipinski definition) is 0. The van der Waals surface area contributed by atoms with Crippen molar-refractivity contribution in [2.45, 2.75) is 27.7 Å². The summed E-state index contributed by atoms with van der Waals surface area (Å²) in [6.07, 6.45) is 8.48. The molecule has 0 heterocycles. The molecule has 0 saturated heterocycles. The van der Waals surface area contributed by atoms with Crippen molar-refractivity contribution in [3.8, 4) is 23.0 Å². The second-order valence-electron chi connectivity index (χ2n) is 9.25. The van der Waals surface area contributed by atoms with Gasteiger partial charge in [0.05, 0.1) is 0 Å². The quantitative estimate of drug-likeness (QED) is 0.0839. The summed E-state index contributed by atoms with van der Waals surface area (Å²) >= 11 is 0. The number of carbonyl (C=O) groups excluding carboxylic acids is 4. The van der Waals surface area contributed by atoms with E-state index in [9.17, 15) is 19.2 Å². The standard InChI is InChI=1S/C34H32O12/c1-21(2)31(35)43-13-9-39-27-17-25-19-29(41-11-15-45-33(37)23(5)6)30(42-12-16-46-34(38)24(7)8)20-26(25)18-28(27)40-10-14-44-32(36)22(3)4/h9-20H,1,3,5,7H2,2,4,6,8H3/b13-9-,14-10-,15-11-,16-12-. The molecule has 0 fully saturated rings. The monoisotopic (exact) mass is 632 g/mol. The maximum absolute atomic E-state index is 11.7. The second kappa shape index (κ2) is 17.7. The van der Waals surface area contributed by atoms with Gasteiger partial charge in [-0.2, -0.15) is 0 Å². The summed E-state index contributed by atoms with van der Waals surface area (Å²) < 4.78 is 42.2. The number of fused-ring (bicyclic) bond motifs is 1. The van der Waals surface area contributed by atoms with Gasteiger partial charge in [-0.15, -0.1) is 0 Å². The molecule has 46 heavy (non-hydrogen) atoms. The number of benzene rings is 2. The van der Waals surface area contributed by atoms with Gasteiger partial charge in [0.1, 0.15) is 50.1 Å². The van der Waals surface area contributed by atoms with E-state index in [0.717, 1.165) is 50.1 Å². The molecular formula is C34H32O12. The number of rotatable bonds is 16. The number of ether oxygens (including phenoxy) is 8. The third-order valence-electron chi connectivity index (χ3n) is 5.06. The molecule has 0 bridgehead atoms. The first-order chi connectivity index (χ1) is 21.8. The maximum Gasteiger partial charge on any atom is 0.338 e. The zero-order valence-electron chi connectivity index (χ0n) is 25.7. The summed E-state index contributed by atoms with van der Waals surface area (Å²) in [7, 11) is 0. The van der Waals surface area contributed by atoms with Gasteiger partial charge in [0.2, 0.25) is 0 Å². The Morgan fingerprint density at radius 3 is 0.783 bits per heavy atom. The predicted octanol–water partition coefficient (Wildman–Crippen LogP) is 6.72. The molecule has 0 N–H and O–H groups in total. The average molecular weight is 633 g/mol. The van der Waals surface area contributed by atoms with E-state index in [1.807, 2.05) is 0 Å². The Morgan fingerprint density at radius 1 is 0.413 bits per heavy atom. The molecule has 0 amide bonds. The Bertz CT molecular complexity index is 1430. The topological polar surface area (TPSA) is 142 Å². The molecule has 0 aliphatic heterocycles. The second-order valence-corrected chi connectivity index (χ2v) is 9.25. The first kappa shape index (κ1) is 35.9. The normalized spacial score (nSPS) is 11.0. The van der Waals surface area contributed by atoms with Crippen LogP contribution in [0.4, 0.5) is 0 Å². The van der Waals surface area contributed by atoms with Crippen LogP contribution in [0.2, 0.25) is 0 Å². The Morgan fingerprint density at radius 2 is 0.609 bits per heavy atom. The maximum atomic E-state index is 11.7. The van der Waals surface area contributed by atoms with Gasteiger partial charge < -0.3 is 37.9 Å². The van der Waals surface area contributed by atoms with Gasteiger partial charge in [0.25, 0.3) is 0 Å². The van der Waals surface area contributed by atoms with E-state index >= 15 is 0 Å². The minimum Gasteiger partial charge on any atom is -0.458 e. The molecule has 0 radical (unpaired) electrons. The van der Waals surface area contributed by atoms with Gasteiger partial charge in [0, 0.05) is 22.3 Å². The van der Waals surface area contributed by atoms with E-state index in [1.54, 1.807) is 24.3 Å². The van der Waals surface area contributed by atoms with Crippen LogP contribution in [0.15, 0.2) is 123 Å². The van der Waals surface area contributed by atoms with Gasteiger partial charge in [-0.1, -0.05) is 26.3 Å². The third kappa shape index (κ3) is 11.8. The van der Waals surface area contributed by atoms with Crippen LogP contribution in [0.5, 0.6) is 23.0 Å². The third-order valence-corrected chi connectivity index (χ3v) is 5.06. The van der Waals surface area contributed by atoms with Crippen LogP contribution in [0.3, 0.4) is 0 Å². The highest BCUT2D eigenvalue weighted by molar-refractivity contribution is 5.90. The molecule has 2 aromatic carbocycles. The number of carbonyl (C=O) groups is 4. The molecule has 0 aliphatic carbocycles. The Labute approximate surface area is 265 Å². The summed E-state index contributed by atoms with van der Waals surface area (Å²) in [5, 5.41) is 1.08. The minimum absolute atomic E-state index is 0.142. The molecule has 0 aliphatic rings. The van der Waals surface area contributed by atoms with E-state index in [1.165, 1.54) is 27.7 Å². The van der Waals surface area contributed by atoms with Gasteiger partial charge in [-0.05, 0) is 62.7 Å². The van der Waals surface area contributed by atoms with Crippen LogP contribution in [0.25, 0.3) is 10.8 Å².